The first-order chi connectivity index (χ1) is 10.1. The molecule has 112 valence electrons. The molecule has 4 unspecified atom stereocenters. The minimum absolute atomic E-state index is 0.381. The lowest BCUT2D eigenvalue weighted by Crippen LogP contribution is -2.75. The molecule has 3 saturated heterocycles. The number of aliphatic hydroxyl groups is 2. The number of rotatable bonds is 2. The fourth-order valence-electron chi connectivity index (χ4n) is 3.01. The van der Waals surface area contributed by atoms with E-state index >= 15 is 0 Å². The summed E-state index contributed by atoms with van der Waals surface area (Å²) in [6.07, 6.45) is -5.31. The second-order valence-corrected chi connectivity index (χ2v) is 5.31. The van der Waals surface area contributed by atoms with Crippen LogP contribution in [0.2, 0.25) is 0 Å². The van der Waals surface area contributed by atoms with Crippen LogP contribution in [0.5, 0.6) is 0 Å². The Morgan fingerprint density at radius 2 is 1.52 bits per heavy atom. The van der Waals surface area contributed by atoms with Crippen molar-refractivity contribution in [2.75, 3.05) is 0 Å². The lowest BCUT2D eigenvalue weighted by Gasteiger charge is -2.56. The van der Waals surface area contributed by atoms with Crippen molar-refractivity contribution < 1.29 is 34.0 Å². The number of carbonyl (C=O) groups excluding carboxylic acids is 1. The summed E-state index contributed by atoms with van der Waals surface area (Å²) in [5.74, 6) is -0.555. The van der Waals surface area contributed by atoms with Crippen LogP contribution in [-0.2, 0) is 18.9 Å². The third-order valence-electron chi connectivity index (χ3n) is 4.05. The molecule has 7 heteroatoms. The van der Waals surface area contributed by atoms with E-state index < -0.39 is 49.1 Å². The lowest BCUT2D eigenvalue weighted by molar-refractivity contribution is -0.480. The van der Waals surface area contributed by atoms with E-state index in [4.69, 9.17) is 18.9 Å². The number of aliphatic hydroxyl groups excluding tert-OH is 2. The summed E-state index contributed by atoms with van der Waals surface area (Å²) in [7, 11) is 0. The maximum atomic E-state index is 12.1. The van der Waals surface area contributed by atoms with Crippen LogP contribution in [0, 0.1) is 0 Å². The van der Waals surface area contributed by atoms with Crippen LogP contribution < -0.4 is 0 Å². The van der Waals surface area contributed by atoms with E-state index in [1.807, 2.05) is 0 Å². The number of hydrogen-bond donors (Lipinski definition) is 2. The number of benzene rings is 1. The van der Waals surface area contributed by atoms with Gasteiger partial charge in [0, 0.05) is 0 Å². The molecule has 1 aliphatic carbocycles. The maximum Gasteiger partial charge on any atom is 0.338 e. The third-order valence-corrected chi connectivity index (χ3v) is 4.05. The molecule has 1 saturated carbocycles. The molecule has 0 spiro atoms. The standard InChI is InChI=1S/C14H14O7/c15-7-9-8(16)11-12(10(7)20-14(19-9)21-11)18-13(17)6-4-2-1-3-5-6/h1-5,7-12,14-16H. The van der Waals surface area contributed by atoms with Gasteiger partial charge in [-0.05, 0) is 12.1 Å². The third kappa shape index (κ3) is 1.97. The van der Waals surface area contributed by atoms with Crippen LogP contribution in [0.15, 0.2) is 30.3 Å². The first-order valence-electron chi connectivity index (χ1n) is 6.74. The Morgan fingerprint density at radius 1 is 0.952 bits per heavy atom. The molecule has 2 N–H and O–H groups in total. The van der Waals surface area contributed by atoms with Crippen molar-refractivity contribution in [3.63, 3.8) is 0 Å². The molecule has 4 atom stereocenters. The van der Waals surface area contributed by atoms with Crippen molar-refractivity contribution in [1.29, 1.82) is 0 Å². The Hall–Kier alpha value is -1.51. The summed E-state index contributed by atoms with van der Waals surface area (Å²) < 4.78 is 21.3. The van der Waals surface area contributed by atoms with Crippen molar-refractivity contribution in [2.45, 2.75) is 43.1 Å². The zero-order valence-corrected chi connectivity index (χ0v) is 10.9. The molecular formula is C14H14O7. The highest BCUT2D eigenvalue weighted by Gasteiger charge is 2.62. The van der Waals surface area contributed by atoms with Crippen LogP contribution in [0.4, 0.5) is 0 Å². The van der Waals surface area contributed by atoms with Crippen molar-refractivity contribution in [1.82, 2.24) is 0 Å². The molecule has 0 aromatic heterocycles. The zero-order chi connectivity index (χ0) is 14.6. The van der Waals surface area contributed by atoms with Crippen LogP contribution >= 0.6 is 0 Å². The van der Waals surface area contributed by atoms with Gasteiger partial charge in [-0.3, -0.25) is 0 Å². The van der Waals surface area contributed by atoms with Gasteiger partial charge in [-0.25, -0.2) is 4.79 Å². The fourth-order valence-corrected chi connectivity index (χ4v) is 3.01. The highest BCUT2D eigenvalue weighted by atomic mass is 16.9. The Bertz CT molecular complexity index is 528. The predicted molar refractivity (Wildman–Crippen MR) is 66.1 cm³/mol. The Morgan fingerprint density at radius 3 is 2.14 bits per heavy atom. The molecular weight excluding hydrogens is 280 g/mol. The monoisotopic (exact) mass is 294 g/mol. The number of ether oxygens (including phenoxy) is 4. The van der Waals surface area contributed by atoms with Gasteiger partial charge < -0.3 is 29.2 Å². The lowest BCUT2D eigenvalue weighted by atomic mass is 9.82. The summed E-state index contributed by atoms with van der Waals surface area (Å²) in [5.41, 5.74) is 0.381. The molecule has 21 heavy (non-hydrogen) atoms. The molecule has 4 fully saturated rings. The van der Waals surface area contributed by atoms with Crippen molar-refractivity contribution >= 4 is 5.97 Å². The van der Waals surface area contributed by atoms with Gasteiger partial charge in [0.15, 0.2) is 6.10 Å². The highest BCUT2D eigenvalue weighted by Crippen LogP contribution is 2.41. The largest absolute Gasteiger partial charge is 0.453 e. The second kappa shape index (κ2) is 4.75. The van der Waals surface area contributed by atoms with Crippen LogP contribution in [0.1, 0.15) is 10.4 Å². The van der Waals surface area contributed by atoms with Crippen LogP contribution in [0.25, 0.3) is 0 Å². The van der Waals surface area contributed by atoms with E-state index in [0.717, 1.165) is 0 Å². The van der Waals surface area contributed by atoms with Gasteiger partial charge in [-0.1, -0.05) is 18.2 Å². The second-order valence-electron chi connectivity index (χ2n) is 5.31. The molecule has 4 aliphatic rings. The molecule has 3 aliphatic heterocycles. The summed E-state index contributed by atoms with van der Waals surface area (Å²) in [6, 6.07) is 8.47. The van der Waals surface area contributed by atoms with Gasteiger partial charge in [0.2, 0.25) is 0 Å². The topological polar surface area (TPSA) is 94.5 Å². The molecule has 0 amide bonds. The van der Waals surface area contributed by atoms with Crippen molar-refractivity contribution in [3.8, 4) is 0 Å². The number of esters is 1. The van der Waals surface area contributed by atoms with E-state index in [0.29, 0.717) is 5.56 Å². The summed E-state index contributed by atoms with van der Waals surface area (Å²) in [4.78, 5) is 12.1. The van der Waals surface area contributed by atoms with Crippen LogP contribution in [0.3, 0.4) is 0 Å². The van der Waals surface area contributed by atoms with E-state index in [2.05, 4.69) is 0 Å². The Balaban J connectivity index is 1.56. The minimum Gasteiger partial charge on any atom is -0.453 e. The first kappa shape index (κ1) is 13.2. The quantitative estimate of drug-likeness (QED) is 0.704. The minimum atomic E-state index is -1.06. The Labute approximate surface area is 120 Å². The van der Waals surface area contributed by atoms with Crippen molar-refractivity contribution in [2.24, 2.45) is 0 Å². The molecule has 3 heterocycles. The summed E-state index contributed by atoms with van der Waals surface area (Å²) >= 11 is 0. The summed E-state index contributed by atoms with van der Waals surface area (Å²) in [6.45, 7) is -0.927. The number of carbonyl (C=O) groups is 1. The predicted octanol–water partition coefficient (Wildman–Crippen LogP) is -0.586. The van der Waals surface area contributed by atoms with E-state index in [1.165, 1.54) is 0 Å². The van der Waals surface area contributed by atoms with E-state index in [-0.39, 0.29) is 0 Å². The van der Waals surface area contributed by atoms with Gasteiger partial charge in [-0.15, -0.1) is 0 Å². The fraction of sp³-hybridized carbons (Fsp3) is 0.500. The zero-order valence-electron chi connectivity index (χ0n) is 10.9. The number of hydrogen-bond acceptors (Lipinski definition) is 7. The molecule has 0 radical (unpaired) electrons. The van der Waals surface area contributed by atoms with Gasteiger partial charge >= 0.3 is 5.97 Å². The molecule has 5 rings (SSSR count). The van der Waals surface area contributed by atoms with E-state index in [1.54, 1.807) is 30.3 Å². The average molecular weight is 294 g/mol. The van der Waals surface area contributed by atoms with Crippen molar-refractivity contribution in [3.05, 3.63) is 35.9 Å². The smallest absolute Gasteiger partial charge is 0.338 e. The summed E-state index contributed by atoms with van der Waals surface area (Å²) in [5, 5.41) is 20.2. The van der Waals surface area contributed by atoms with E-state index in [9.17, 15) is 15.0 Å². The van der Waals surface area contributed by atoms with Gasteiger partial charge in [0.05, 0.1) is 5.56 Å². The molecule has 7 nitrogen and oxygen atoms in total. The SMILES string of the molecule is O=C(OC1C2OC3OC(C2O)C(O)C1O3)c1ccccc1. The van der Waals surface area contributed by atoms with Crippen LogP contribution in [-0.4, -0.2) is 59.3 Å². The Kier molecular flexibility index (Phi) is 2.98. The van der Waals surface area contributed by atoms with Gasteiger partial charge in [0.25, 0.3) is 6.48 Å². The van der Waals surface area contributed by atoms with Gasteiger partial charge in [0.1, 0.15) is 30.5 Å². The molecule has 1 aromatic rings. The molecule has 1 aromatic carbocycles. The first-order valence-corrected chi connectivity index (χ1v) is 6.74. The average Bonchev–Trinajstić information content (AvgIpc) is 2.51. The van der Waals surface area contributed by atoms with Gasteiger partial charge in [-0.2, -0.15) is 0 Å². The normalized spacial score (nSPS) is 43.8. The molecule has 4 bridgehead atoms. The maximum absolute atomic E-state index is 12.1. The highest BCUT2D eigenvalue weighted by molar-refractivity contribution is 5.89.